The lowest BCUT2D eigenvalue weighted by molar-refractivity contribution is 0.0526. The number of aromatic nitrogens is 3. The van der Waals surface area contributed by atoms with E-state index < -0.39 is 0 Å². The molecule has 2 atom stereocenters. The van der Waals surface area contributed by atoms with Gasteiger partial charge in [0.1, 0.15) is 12.7 Å². The topological polar surface area (TPSA) is 70.4 Å². The molecule has 2 saturated heterocycles. The number of nitrogens with one attached hydrogen (secondary N) is 2. The van der Waals surface area contributed by atoms with Crippen LogP contribution in [0, 0.1) is 0 Å². The lowest BCUT2D eigenvalue weighted by atomic mass is 9.82. The average Bonchev–Trinajstić information content (AvgIpc) is 3.09. The van der Waals surface area contributed by atoms with E-state index in [-0.39, 0.29) is 24.0 Å². The molecule has 2 aliphatic heterocycles. The largest absolute Gasteiger partial charge is 0.357 e. The normalized spacial score (nSPS) is 26.2. The quantitative estimate of drug-likeness (QED) is 0.274. The maximum absolute atomic E-state index is 4.78. The highest BCUT2D eigenvalue weighted by Gasteiger charge is 2.36. The summed E-state index contributed by atoms with van der Waals surface area (Å²) in [5.74, 6) is 0.986. The number of aliphatic imine (C=N–C) groups is 1. The molecule has 2 fully saturated rings. The minimum absolute atomic E-state index is 0. The molecular formula is C18H34IN7. The number of guanidine groups is 1. The minimum Gasteiger partial charge on any atom is -0.357 e. The van der Waals surface area contributed by atoms with Gasteiger partial charge in [-0.25, -0.2) is 0 Å². The Bertz CT molecular complexity index is 520. The molecule has 0 aliphatic carbocycles. The standard InChI is InChI=1S/C18H33N7.HI/c1-3-19-18(20-9-4-5-10-25-13-21-22-14-25)23-15-11-16-7-6-8-17(12-15)24(16)2;/h13-17H,3-12H2,1-2H3,(H2,19,20,23);1H. The second-order valence-corrected chi connectivity index (χ2v) is 7.38. The van der Waals surface area contributed by atoms with Crippen molar-refractivity contribution in [3.05, 3.63) is 12.7 Å². The van der Waals surface area contributed by atoms with Gasteiger partial charge in [0, 0.05) is 37.8 Å². The molecule has 3 rings (SSSR count). The van der Waals surface area contributed by atoms with Gasteiger partial charge < -0.3 is 20.1 Å². The van der Waals surface area contributed by atoms with E-state index in [1.807, 2.05) is 4.57 Å². The lowest BCUT2D eigenvalue weighted by Crippen LogP contribution is -2.56. The molecule has 148 valence electrons. The molecule has 0 amide bonds. The first-order chi connectivity index (χ1) is 12.3. The van der Waals surface area contributed by atoms with Crippen LogP contribution >= 0.6 is 24.0 Å². The Morgan fingerprint density at radius 2 is 1.85 bits per heavy atom. The van der Waals surface area contributed by atoms with Gasteiger partial charge in [-0.3, -0.25) is 4.99 Å². The van der Waals surface area contributed by atoms with Crippen molar-refractivity contribution in [3.63, 3.8) is 0 Å². The summed E-state index contributed by atoms with van der Waals surface area (Å²) in [6.45, 7) is 4.86. The molecule has 26 heavy (non-hydrogen) atoms. The average molecular weight is 475 g/mol. The number of aryl methyl sites for hydroxylation is 1. The van der Waals surface area contributed by atoms with Crippen LogP contribution in [-0.4, -0.2) is 63.9 Å². The highest BCUT2D eigenvalue weighted by molar-refractivity contribution is 14.0. The molecule has 0 aromatic carbocycles. The van der Waals surface area contributed by atoms with Crippen LogP contribution in [0.25, 0.3) is 0 Å². The summed E-state index contributed by atoms with van der Waals surface area (Å²) in [7, 11) is 2.31. The van der Waals surface area contributed by atoms with Crippen molar-refractivity contribution in [2.24, 2.45) is 4.99 Å². The predicted molar refractivity (Wildman–Crippen MR) is 116 cm³/mol. The Labute approximate surface area is 174 Å². The summed E-state index contributed by atoms with van der Waals surface area (Å²) in [5, 5.41) is 14.8. The van der Waals surface area contributed by atoms with Crippen molar-refractivity contribution >= 4 is 29.9 Å². The number of unbranched alkanes of at least 4 members (excludes halogenated alkanes) is 1. The molecule has 1 aromatic heterocycles. The summed E-state index contributed by atoms with van der Waals surface area (Å²) in [6, 6.07) is 2.05. The number of rotatable bonds is 7. The Balaban J connectivity index is 0.00000243. The summed E-state index contributed by atoms with van der Waals surface area (Å²) in [6.07, 6.45) is 12.3. The SMILES string of the molecule is CCNC(=NCCCCn1cnnc1)NC1CC2CCCC(C1)N2C.I. The van der Waals surface area contributed by atoms with E-state index in [4.69, 9.17) is 4.99 Å². The second kappa shape index (κ2) is 11.1. The molecule has 2 aliphatic rings. The third-order valence-electron chi connectivity index (χ3n) is 5.59. The third kappa shape index (κ3) is 6.07. The van der Waals surface area contributed by atoms with E-state index in [1.54, 1.807) is 12.7 Å². The number of halogens is 1. The Kier molecular flexibility index (Phi) is 9.10. The minimum atomic E-state index is 0. The number of hydrogen-bond acceptors (Lipinski definition) is 4. The van der Waals surface area contributed by atoms with E-state index in [2.05, 4.69) is 39.7 Å². The molecule has 1 aromatic rings. The van der Waals surface area contributed by atoms with E-state index >= 15 is 0 Å². The van der Waals surface area contributed by atoms with Crippen molar-refractivity contribution in [3.8, 4) is 0 Å². The summed E-state index contributed by atoms with van der Waals surface area (Å²) in [5.41, 5.74) is 0. The van der Waals surface area contributed by atoms with Gasteiger partial charge in [0.15, 0.2) is 5.96 Å². The van der Waals surface area contributed by atoms with Crippen molar-refractivity contribution in [1.29, 1.82) is 0 Å². The smallest absolute Gasteiger partial charge is 0.191 e. The fraction of sp³-hybridized carbons (Fsp3) is 0.833. The molecule has 8 heteroatoms. The molecule has 0 spiro atoms. The van der Waals surface area contributed by atoms with Crippen LogP contribution in [0.4, 0.5) is 0 Å². The van der Waals surface area contributed by atoms with Gasteiger partial charge in [0.2, 0.25) is 0 Å². The van der Waals surface area contributed by atoms with Gasteiger partial charge in [0.25, 0.3) is 0 Å². The van der Waals surface area contributed by atoms with Gasteiger partial charge in [0.05, 0.1) is 0 Å². The molecule has 2 bridgehead atoms. The van der Waals surface area contributed by atoms with Crippen LogP contribution in [0.15, 0.2) is 17.6 Å². The predicted octanol–water partition coefficient (Wildman–Crippen LogP) is 2.25. The maximum Gasteiger partial charge on any atom is 0.191 e. The zero-order valence-corrected chi connectivity index (χ0v) is 18.4. The Morgan fingerprint density at radius 1 is 1.15 bits per heavy atom. The highest BCUT2D eigenvalue weighted by Crippen LogP contribution is 2.32. The van der Waals surface area contributed by atoms with E-state index in [0.717, 1.165) is 50.5 Å². The van der Waals surface area contributed by atoms with Crippen LogP contribution < -0.4 is 10.6 Å². The molecule has 2 unspecified atom stereocenters. The van der Waals surface area contributed by atoms with E-state index in [0.29, 0.717) is 6.04 Å². The number of nitrogens with zero attached hydrogens (tertiary/aromatic N) is 5. The molecule has 7 nitrogen and oxygen atoms in total. The van der Waals surface area contributed by atoms with Gasteiger partial charge >= 0.3 is 0 Å². The summed E-state index contributed by atoms with van der Waals surface area (Å²) in [4.78, 5) is 7.39. The van der Waals surface area contributed by atoms with Crippen LogP contribution in [0.3, 0.4) is 0 Å². The highest BCUT2D eigenvalue weighted by atomic mass is 127. The molecule has 3 heterocycles. The fourth-order valence-corrected chi connectivity index (χ4v) is 4.18. The zero-order valence-electron chi connectivity index (χ0n) is 16.1. The monoisotopic (exact) mass is 475 g/mol. The molecule has 0 radical (unpaired) electrons. The van der Waals surface area contributed by atoms with Crippen molar-refractivity contribution in [2.75, 3.05) is 20.1 Å². The number of piperidine rings is 2. The van der Waals surface area contributed by atoms with Gasteiger partial charge in [-0.15, -0.1) is 34.2 Å². The van der Waals surface area contributed by atoms with Crippen molar-refractivity contribution in [1.82, 2.24) is 30.3 Å². The third-order valence-corrected chi connectivity index (χ3v) is 5.59. The number of hydrogen-bond donors (Lipinski definition) is 2. The summed E-state index contributed by atoms with van der Waals surface area (Å²) >= 11 is 0. The first-order valence-corrected chi connectivity index (χ1v) is 9.85. The van der Waals surface area contributed by atoms with Crippen molar-refractivity contribution < 1.29 is 0 Å². The van der Waals surface area contributed by atoms with Crippen LogP contribution in [0.1, 0.15) is 51.9 Å². The van der Waals surface area contributed by atoms with Gasteiger partial charge in [-0.2, -0.15) is 0 Å². The first-order valence-electron chi connectivity index (χ1n) is 9.85. The Morgan fingerprint density at radius 3 is 2.50 bits per heavy atom. The zero-order chi connectivity index (χ0) is 17.5. The lowest BCUT2D eigenvalue weighted by Gasteiger charge is -2.47. The summed E-state index contributed by atoms with van der Waals surface area (Å²) < 4.78 is 2.02. The second-order valence-electron chi connectivity index (χ2n) is 7.38. The van der Waals surface area contributed by atoms with Crippen LogP contribution in [-0.2, 0) is 6.54 Å². The first kappa shape index (κ1) is 21.4. The molecule has 2 N–H and O–H groups in total. The molecular weight excluding hydrogens is 441 g/mol. The van der Waals surface area contributed by atoms with Crippen LogP contribution in [0.2, 0.25) is 0 Å². The van der Waals surface area contributed by atoms with Gasteiger partial charge in [-0.1, -0.05) is 6.42 Å². The Hall–Kier alpha value is -0.900. The van der Waals surface area contributed by atoms with Crippen LogP contribution in [0.5, 0.6) is 0 Å². The maximum atomic E-state index is 4.78. The fourth-order valence-electron chi connectivity index (χ4n) is 4.18. The molecule has 0 saturated carbocycles. The van der Waals surface area contributed by atoms with E-state index in [9.17, 15) is 0 Å². The van der Waals surface area contributed by atoms with E-state index in [1.165, 1.54) is 32.1 Å². The van der Waals surface area contributed by atoms with Gasteiger partial charge in [-0.05, 0) is 52.5 Å². The number of fused-ring (bicyclic) bond motifs is 2. The van der Waals surface area contributed by atoms with Crippen molar-refractivity contribution in [2.45, 2.75) is 76.5 Å².